The van der Waals surface area contributed by atoms with Gasteiger partial charge in [-0.3, -0.25) is 9.79 Å². The van der Waals surface area contributed by atoms with Gasteiger partial charge in [-0.05, 0) is 37.8 Å². The number of para-hydroxylation sites is 2. The minimum Gasteiger partial charge on any atom is -0.331 e. The number of carbonyl (C=O) groups excluding carboxylic acids is 1. The average molecular weight is 347 g/mol. The quantitative estimate of drug-likeness (QED) is 0.812. The molecule has 4 nitrogen and oxygen atoms in total. The second kappa shape index (κ2) is 5.90. The number of imidazole rings is 1. The molecular weight excluding hydrogens is 322 g/mol. The van der Waals surface area contributed by atoms with Crippen LogP contribution in [-0.4, -0.2) is 26.6 Å². The van der Waals surface area contributed by atoms with Crippen molar-refractivity contribution in [1.29, 1.82) is 0 Å². The summed E-state index contributed by atoms with van der Waals surface area (Å²) < 4.78 is 2.19. The van der Waals surface area contributed by atoms with Crippen molar-refractivity contribution in [3.05, 3.63) is 41.2 Å². The van der Waals surface area contributed by atoms with Crippen molar-refractivity contribution >= 4 is 22.5 Å². The van der Waals surface area contributed by atoms with Crippen LogP contribution in [0.4, 0.5) is 0 Å². The van der Waals surface area contributed by atoms with Crippen LogP contribution < -0.4 is 0 Å². The summed E-state index contributed by atoms with van der Waals surface area (Å²) in [4.78, 5) is 22.8. The Morgan fingerprint density at radius 1 is 1.12 bits per heavy atom. The summed E-state index contributed by atoms with van der Waals surface area (Å²) in [7, 11) is 2.09. The molecule has 2 aliphatic carbocycles. The number of hydrogen-bond donors (Lipinski definition) is 0. The van der Waals surface area contributed by atoms with E-state index in [0.29, 0.717) is 5.78 Å². The monoisotopic (exact) mass is 347 g/mol. The van der Waals surface area contributed by atoms with E-state index in [9.17, 15) is 4.79 Å². The summed E-state index contributed by atoms with van der Waals surface area (Å²) in [6, 6.07) is 8.29. The fraction of sp³-hybridized carbons (Fsp3) is 0.500. The predicted octanol–water partition coefficient (Wildman–Crippen LogP) is 4.32. The molecule has 134 valence electrons. The van der Waals surface area contributed by atoms with Gasteiger partial charge in [0.05, 0.1) is 16.6 Å². The van der Waals surface area contributed by atoms with Crippen LogP contribution in [0.25, 0.3) is 11.0 Å². The number of aryl methyl sites for hydroxylation is 1. The summed E-state index contributed by atoms with van der Waals surface area (Å²) in [6.45, 7) is 0. The van der Waals surface area contributed by atoms with Crippen molar-refractivity contribution in [2.75, 3.05) is 0 Å². The molecule has 4 heteroatoms. The third-order valence-electron chi connectivity index (χ3n) is 6.44. The lowest BCUT2D eigenvalue weighted by Crippen LogP contribution is -2.38. The lowest BCUT2D eigenvalue weighted by atomic mass is 9.73. The molecule has 0 amide bonds. The number of nitrogens with zero attached hydrogens (tertiary/aromatic N) is 3. The SMILES string of the molecule is Cn1c(CC2=NC3(CCCC3)C3=C(CCCC3=O)C2)nc2ccccc21. The zero-order chi connectivity index (χ0) is 17.7. The smallest absolute Gasteiger partial charge is 0.161 e. The number of fused-ring (bicyclic) bond motifs is 2. The van der Waals surface area contributed by atoms with Gasteiger partial charge in [0.2, 0.25) is 0 Å². The van der Waals surface area contributed by atoms with Gasteiger partial charge in [-0.2, -0.15) is 0 Å². The highest BCUT2D eigenvalue weighted by atomic mass is 16.1. The first-order chi connectivity index (χ1) is 12.7. The third kappa shape index (κ3) is 2.38. The number of aliphatic imine (C=N–C) groups is 1. The maximum absolute atomic E-state index is 12.7. The lowest BCUT2D eigenvalue weighted by molar-refractivity contribution is -0.116. The van der Waals surface area contributed by atoms with Crippen molar-refractivity contribution in [2.24, 2.45) is 12.0 Å². The molecule has 1 spiro atoms. The van der Waals surface area contributed by atoms with Gasteiger partial charge >= 0.3 is 0 Å². The molecule has 0 unspecified atom stereocenters. The van der Waals surface area contributed by atoms with E-state index < -0.39 is 0 Å². The van der Waals surface area contributed by atoms with Crippen LogP contribution in [-0.2, 0) is 18.3 Å². The second-order valence-electron chi connectivity index (χ2n) is 8.10. The number of rotatable bonds is 2. The molecule has 1 aromatic heterocycles. The zero-order valence-corrected chi connectivity index (χ0v) is 15.4. The number of carbonyl (C=O) groups is 1. The molecule has 2 aromatic rings. The lowest BCUT2D eigenvalue weighted by Gasteiger charge is -2.37. The Balaban J connectivity index is 1.53. The summed E-state index contributed by atoms with van der Waals surface area (Å²) in [5.41, 5.74) is 5.72. The molecule has 5 rings (SSSR count). The number of ketones is 1. The third-order valence-corrected chi connectivity index (χ3v) is 6.44. The highest BCUT2D eigenvalue weighted by Crippen LogP contribution is 2.47. The summed E-state index contributed by atoms with van der Waals surface area (Å²) in [5, 5.41) is 0. The Bertz CT molecular complexity index is 957. The summed E-state index contributed by atoms with van der Waals surface area (Å²) in [6.07, 6.45) is 8.92. The molecule has 0 radical (unpaired) electrons. The number of benzene rings is 1. The Labute approximate surface area is 154 Å². The van der Waals surface area contributed by atoms with Crippen LogP contribution in [0.5, 0.6) is 0 Å². The molecule has 1 aromatic carbocycles. The fourth-order valence-electron chi connectivity index (χ4n) is 5.28. The molecule has 0 saturated heterocycles. The molecule has 1 saturated carbocycles. The number of dihydropyridines is 1. The van der Waals surface area contributed by atoms with Gasteiger partial charge in [-0.25, -0.2) is 4.98 Å². The van der Waals surface area contributed by atoms with E-state index in [0.717, 1.165) is 61.9 Å². The van der Waals surface area contributed by atoms with Crippen LogP contribution in [0, 0.1) is 0 Å². The first-order valence-corrected chi connectivity index (χ1v) is 9.90. The number of aromatic nitrogens is 2. The molecule has 2 heterocycles. The molecular formula is C22H25N3O. The summed E-state index contributed by atoms with van der Waals surface area (Å²) in [5.74, 6) is 1.45. The van der Waals surface area contributed by atoms with Crippen LogP contribution in [0.3, 0.4) is 0 Å². The van der Waals surface area contributed by atoms with Gasteiger partial charge in [0.1, 0.15) is 5.82 Å². The topological polar surface area (TPSA) is 47.2 Å². The van der Waals surface area contributed by atoms with Crippen molar-refractivity contribution in [2.45, 2.75) is 63.3 Å². The Hall–Kier alpha value is -2.23. The standard InChI is InChI=1S/C22H25N3O/c1-25-18-9-3-2-8-17(18)23-20(25)14-16-13-15-7-6-10-19(26)21(15)22(24-16)11-4-5-12-22/h2-3,8-9H,4-7,10-14H2,1H3. The minimum absolute atomic E-state index is 0.203. The molecule has 1 fully saturated rings. The van der Waals surface area contributed by atoms with Crippen LogP contribution in [0.15, 0.2) is 40.4 Å². The van der Waals surface area contributed by atoms with Crippen molar-refractivity contribution in [3.8, 4) is 0 Å². The Kier molecular flexibility index (Phi) is 3.63. The van der Waals surface area contributed by atoms with E-state index in [1.807, 2.05) is 6.07 Å². The molecule has 3 aliphatic rings. The van der Waals surface area contributed by atoms with Crippen LogP contribution in [0.1, 0.15) is 57.2 Å². The number of Topliss-reactive ketones (excluding diaryl/α,β-unsaturated/α-hetero) is 1. The van der Waals surface area contributed by atoms with Gasteiger partial charge in [0, 0.05) is 37.6 Å². The normalized spacial score (nSPS) is 22.2. The second-order valence-corrected chi connectivity index (χ2v) is 8.10. The molecule has 26 heavy (non-hydrogen) atoms. The van der Waals surface area contributed by atoms with Gasteiger partial charge < -0.3 is 4.57 Å². The van der Waals surface area contributed by atoms with E-state index in [1.54, 1.807) is 0 Å². The van der Waals surface area contributed by atoms with Gasteiger partial charge in [-0.15, -0.1) is 0 Å². The van der Waals surface area contributed by atoms with Gasteiger partial charge in [0.25, 0.3) is 0 Å². The van der Waals surface area contributed by atoms with E-state index >= 15 is 0 Å². The number of hydrogen-bond acceptors (Lipinski definition) is 3. The maximum atomic E-state index is 12.7. The van der Waals surface area contributed by atoms with Crippen molar-refractivity contribution < 1.29 is 4.79 Å². The van der Waals surface area contributed by atoms with Gasteiger partial charge in [0.15, 0.2) is 5.78 Å². The first kappa shape index (κ1) is 16.0. The summed E-state index contributed by atoms with van der Waals surface area (Å²) >= 11 is 0. The van der Waals surface area contributed by atoms with E-state index in [4.69, 9.17) is 9.98 Å². The Morgan fingerprint density at radius 3 is 2.73 bits per heavy atom. The van der Waals surface area contributed by atoms with Crippen LogP contribution >= 0.6 is 0 Å². The van der Waals surface area contributed by atoms with E-state index in [1.165, 1.54) is 29.6 Å². The first-order valence-electron chi connectivity index (χ1n) is 9.90. The van der Waals surface area contributed by atoms with Crippen molar-refractivity contribution in [3.63, 3.8) is 0 Å². The molecule has 0 atom stereocenters. The number of allylic oxidation sites excluding steroid dienone is 1. The minimum atomic E-state index is -0.203. The molecule has 0 bridgehead atoms. The Morgan fingerprint density at radius 2 is 1.92 bits per heavy atom. The largest absolute Gasteiger partial charge is 0.331 e. The molecule has 1 aliphatic heterocycles. The predicted molar refractivity (Wildman–Crippen MR) is 104 cm³/mol. The average Bonchev–Trinajstić information content (AvgIpc) is 3.21. The zero-order valence-electron chi connectivity index (χ0n) is 15.4. The van der Waals surface area contributed by atoms with E-state index in [2.05, 4.69) is 29.8 Å². The fourth-order valence-corrected chi connectivity index (χ4v) is 5.28. The van der Waals surface area contributed by atoms with Gasteiger partial charge in [-0.1, -0.05) is 30.5 Å². The highest BCUT2D eigenvalue weighted by Gasteiger charge is 2.45. The maximum Gasteiger partial charge on any atom is 0.161 e. The highest BCUT2D eigenvalue weighted by molar-refractivity contribution is 6.03. The van der Waals surface area contributed by atoms with E-state index in [-0.39, 0.29) is 5.54 Å². The van der Waals surface area contributed by atoms with Crippen molar-refractivity contribution in [1.82, 2.24) is 9.55 Å². The van der Waals surface area contributed by atoms with Crippen LogP contribution in [0.2, 0.25) is 0 Å². The molecule has 0 N–H and O–H groups in total.